The van der Waals surface area contributed by atoms with Gasteiger partial charge in [-0.05, 0) is 18.9 Å². The summed E-state index contributed by atoms with van der Waals surface area (Å²) in [5.41, 5.74) is 1.11. The number of hydrogen-bond donors (Lipinski definition) is 2. The lowest BCUT2D eigenvalue weighted by Gasteiger charge is -2.19. The molecule has 0 unspecified atom stereocenters. The third-order valence-corrected chi connectivity index (χ3v) is 3.91. The smallest absolute Gasteiger partial charge is 0.315 e. The maximum Gasteiger partial charge on any atom is 0.315 e. The van der Waals surface area contributed by atoms with Crippen LogP contribution in [0.25, 0.3) is 0 Å². The van der Waals surface area contributed by atoms with E-state index in [1.54, 1.807) is 12.4 Å². The van der Waals surface area contributed by atoms with Crippen LogP contribution in [-0.4, -0.2) is 44.6 Å². The molecule has 8 heteroatoms. The molecule has 0 spiro atoms. The Labute approximate surface area is 134 Å². The monoisotopic (exact) mass is 318 g/mol. The minimum absolute atomic E-state index is 0.0666. The second-order valence-electron chi connectivity index (χ2n) is 5.76. The van der Waals surface area contributed by atoms with Crippen LogP contribution in [0.15, 0.2) is 24.8 Å². The molecule has 0 bridgehead atoms. The number of nitrogens with one attached hydrogen (secondary N) is 2. The second-order valence-corrected chi connectivity index (χ2v) is 5.76. The molecule has 2 atom stereocenters. The lowest BCUT2D eigenvalue weighted by molar-refractivity contribution is 0.0908. The van der Waals surface area contributed by atoms with Gasteiger partial charge in [-0.25, -0.2) is 9.78 Å². The molecule has 3 heterocycles. The van der Waals surface area contributed by atoms with E-state index in [9.17, 15) is 4.79 Å². The van der Waals surface area contributed by atoms with Crippen molar-refractivity contribution in [2.24, 2.45) is 7.05 Å². The van der Waals surface area contributed by atoms with Crippen molar-refractivity contribution < 1.29 is 9.53 Å². The van der Waals surface area contributed by atoms with Gasteiger partial charge in [-0.3, -0.25) is 4.68 Å². The summed E-state index contributed by atoms with van der Waals surface area (Å²) in [5.74, 6) is 0.833. The summed E-state index contributed by atoms with van der Waals surface area (Å²) in [6, 6.07) is -0.258. The van der Waals surface area contributed by atoms with Crippen molar-refractivity contribution in [3.05, 3.63) is 36.2 Å². The van der Waals surface area contributed by atoms with E-state index < -0.39 is 0 Å². The Balaban J connectivity index is 1.48. The predicted octanol–water partition coefficient (Wildman–Crippen LogP) is 0.754. The first-order valence-electron chi connectivity index (χ1n) is 7.76. The molecule has 3 rings (SSSR count). The maximum absolute atomic E-state index is 12.1. The predicted molar refractivity (Wildman–Crippen MR) is 83.8 cm³/mol. The highest BCUT2D eigenvalue weighted by molar-refractivity contribution is 5.74. The maximum atomic E-state index is 12.1. The lowest BCUT2D eigenvalue weighted by Crippen LogP contribution is -2.44. The molecule has 2 amide bonds. The zero-order valence-corrected chi connectivity index (χ0v) is 13.4. The second kappa shape index (κ2) is 6.82. The molecule has 23 heavy (non-hydrogen) atoms. The van der Waals surface area contributed by atoms with Crippen molar-refractivity contribution in [2.75, 3.05) is 13.2 Å². The molecule has 2 aromatic heterocycles. The van der Waals surface area contributed by atoms with E-state index in [-0.39, 0.29) is 18.2 Å². The fourth-order valence-electron chi connectivity index (χ4n) is 2.74. The number of imidazole rings is 1. The van der Waals surface area contributed by atoms with Crippen LogP contribution in [0.2, 0.25) is 0 Å². The minimum Gasteiger partial charge on any atom is -0.368 e. The summed E-state index contributed by atoms with van der Waals surface area (Å²) in [6.07, 6.45) is 7.94. The van der Waals surface area contributed by atoms with E-state index in [4.69, 9.17) is 4.74 Å². The summed E-state index contributed by atoms with van der Waals surface area (Å²) in [4.78, 5) is 16.4. The number of aromatic nitrogens is 4. The van der Waals surface area contributed by atoms with Gasteiger partial charge in [0.2, 0.25) is 0 Å². The third-order valence-electron chi connectivity index (χ3n) is 3.91. The number of nitrogens with zero attached hydrogens (tertiary/aromatic N) is 4. The van der Waals surface area contributed by atoms with Gasteiger partial charge in [0, 0.05) is 38.8 Å². The summed E-state index contributed by atoms with van der Waals surface area (Å²) in [6.45, 7) is 3.77. The van der Waals surface area contributed by atoms with Crippen molar-refractivity contribution in [3.63, 3.8) is 0 Å². The normalized spacial score (nSPS) is 20.6. The van der Waals surface area contributed by atoms with E-state index in [0.29, 0.717) is 19.7 Å². The van der Waals surface area contributed by atoms with E-state index in [2.05, 4.69) is 20.7 Å². The first kappa shape index (κ1) is 15.5. The van der Waals surface area contributed by atoms with Crippen molar-refractivity contribution in [3.8, 4) is 0 Å². The molecule has 0 saturated carbocycles. The number of amides is 2. The quantitative estimate of drug-likeness (QED) is 0.852. The zero-order chi connectivity index (χ0) is 16.2. The van der Waals surface area contributed by atoms with Crippen LogP contribution in [-0.2, 0) is 18.3 Å². The standard InChI is InChI=1S/C15H22N6O2/c1-11-9-18-21(10-11)7-5-17-15(22)19-12-3-8-23-13(12)14-16-4-6-20(14)2/h4,6,9-10,12-13H,3,5,7-8H2,1-2H3,(H2,17,19,22)/t12-,13-/m0/s1. The fraction of sp³-hybridized carbons (Fsp3) is 0.533. The van der Waals surface area contributed by atoms with Crippen LogP contribution in [0.4, 0.5) is 4.79 Å². The molecule has 1 aliphatic heterocycles. The molecule has 124 valence electrons. The van der Waals surface area contributed by atoms with Crippen LogP contribution in [0.5, 0.6) is 0 Å². The number of urea groups is 1. The largest absolute Gasteiger partial charge is 0.368 e. The van der Waals surface area contributed by atoms with E-state index in [1.165, 1.54) is 0 Å². The summed E-state index contributed by atoms with van der Waals surface area (Å²) in [5, 5.41) is 10.0. The Bertz CT molecular complexity index is 664. The first-order chi connectivity index (χ1) is 11.1. The van der Waals surface area contributed by atoms with E-state index in [0.717, 1.165) is 17.8 Å². The van der Waals surface area contributed by atoms with Gasteiger partial charge < -0.3 is 19.9 Å². The molecular weight excluding hydrogens is 296 g/mol. The average molecular weight is 318 g/mol. The Kier molecular flexibility index (Phi) is 4.61. The van der Waals surface area contributed by atoms with Crippen LogP contribution in [0, 0.1) is 6.92 Å². The van der Waals surface area contributed by atoms with Gasteiger partial charge in [0.05, 0.1) is 18.8 Å². The summed E-state index contributed by atoms with van der Waals surface area (Å²) >= 11 is 0. The van der Waals surface area contributed by atoms with Gasteiger partial charge in [0.1, 0.15) is 11.9 Å². The zero-order valence-electron chi connectivity index (χ0n) is 13.4. The first-order valence-corrected chi connectivity index (χ1v) is 7.76. The third kappa shape index (κ3) is 3.70. The summed E-state index contributed by atoms with van der Waals surface area (Å²) < 4.78 is 9.46. The van der Waals surface area contributed by atoms with Gasteiger partial charge in [-0.15, -0.1) is 0 Å². The molecule has 2 N–H and O–H groups in total. The number of hydrogen-bond acceptors (Lipinski definition) is 4. The van der Waals surface area contributed by atoms with Crippen LogP contribution in [0.1, 0.15) is 23.9 Å². The molecule has 2 aromatic rings. The highest BCUT2D eigenvalue weighted by atomic mass is 16.5. The summed E-state index contributed by atoms with van der Waals surface area (Å²) in [7, 11) is 1.92. The average Bonchev–Trinajstić information content (AvgIpc) is 3.21. The van der Waals surface area contributed by atoms with E-state index in [1.807, 2.05) is 35.6 Å². The molecular formula is C15H22N6O2. The van der Waals surface area contributed by atoms with Crippen molar-refractivity contribution in [1.29, 1.82) is 0 Å². The fourth-order valence-corrected chi connectivity index (χ4v) is 2.74. The number of carbonyl (C=O) groups is 1. The number of aryl methyl sites for hydroxylation is 2. The Morgan fingerprint density at radius 3 is 3.09 bits per heavy atom. The number of rotatable bonds is 5. The molecule has 8 nitrogen and oxygen atoms in total. The molecule has 0 aromatic carbocycles. The van der Waals surface area contributed by atoms with Crippen LogP contribution >= 0.6 is 0 Å². The highest BCUT2D eigenvalue weighted by Crippen LogP contribution is 2.27. The Morgan fingerprint density at radius 2 is 2.39 bits per heavy atom. The molecule has 0 aliphatic carbocycles. The molecule has 1 saturated heterocycles. The number of ether oxygens (including phenoxy) is 1. The Morgan fingerprint density at radius 1 is 1.52 bits per heavy atom. The topological polar surface area (TPSA) is 86.0 Å². The Hall–Kier alpha value is -2.35. The SMILES string of the molecule is Cc1cnn(CCNC(=O)N[C@H]2CCO[C@@H]2c2nccn2C)c1. The van der Waals surface area contributed by atoms with Gasteiger partial charge >= 0.3 is 6.03 Å². The van der Waals surface area contributed by atoms with Crippen molar-refractivity contribution in [2.45, 2.75) is 32.0 Å². The highest BCUT2D eigenvalue weighted by Gasteiger charge is 2.33. The van der Waals surface area contributed by atoms with E-state index >= 15 is 0 Å². The van der Waals surface area contributed by atoms with Gasteiger partial charge in [-0.1, -0.05) is 0 Å². The molecule has 0 radical (unpaired) electrons. The van der Waals surface area contributed by atoms with Gasteiger partial charge in [0.25, 0.3) is 0 Å². The lowest BCUT2D eigenvalue weighted by atomic mass is 10.1. The van der Waals surface area contributed by atoms with Crippen LogP contribution < -0.4 is 10.6 Å². The number of carbonyl (C=O) groups excluding carboxylic acids is 1. The molecule has 1 aliphatic rings. The van der Waals surface area contributed by atoms with Crippen molar-refractivity contribution in [1.82, 2.24) is 30.0 Å². The van der Waals surface area contributed by atoms with Crippen molar-refractivity contribution >= 4 is 6.03 Å². The minimum atomic E-state index is -0.200. The molecule has 1 fully saturated rings. The van der Waals surface area contributed by atoms with Crippen LogP contribution in [0.3, 0.4) is 0 Å². The van der Waals surface area contributed by atoms with Gasteiger partial charge in [0.15, 0.2) is 0 Å². The van der Waals surface area contributed by atoms with Gasteiger partial charge in [-0.2, -0.15) is 5.10 Å².